The van der Waals surface area contributed by atoms with Gasteiger partial charge >= 0.3 is 0 Å². The maximum Gasteiger partial charge on any atom is 0.256 e. The summed E-state index contributed by atoms with van der Waals surface area (Å²) < 4.78 is 21.9. The van der Waals surface area contributed by atoms with E-state index in [9.17, 15) is 19.4 Å². The number of aromatic nitrogens is 3. The Hall–Kier alpha value is -2.96. The average molecular weight is 417 g/mol. The van der Waals surface area contributed by atoms with E-state index in [0.29, 0.717) is 11.1 Å². The number of hydrogen-bond acceptors (Lipinski definition) is 8. The molecule has 4 rings (SSSR count). The van der Waals surface area contributed by atoms with Gasteiger partial charge in [-0.25, -0.2) is 19.4 Å². The van der Waals surface area contributed by atoms with E-state index in [1.165, 1.54) is 16.9 Å². The Bertz CT molecular complexity index is 1050. The van der Waals surface area contributed by atoms with Crippen LogP contribution in [0.4, 0.5) is 10.2 Å². The number of hydroxylamine groups is 1. The number of carbonyl (C=O) groups excluding carboxylic acids is 1. The molecule has 3 heterocycles. The summed E-state index contributed by atoms with van der Waals surface area (Å²) in [4.78, 5) is 16.5. The molecule has 158 valence electrons. The fourth-order valence-electron chi connectivity index (χ4n) is 3.57. The van der Waals surface area contributed by atoms with E-state index in [2.05, 4.69) is 15.4 Å². The highest BCUT2D eigenvalue weighted by Crippen LogP contribution is 2.42. The number of benzene rings is 1. The van der Waals surface area contributed by atoms with E-state index in [4.69, 9.17) is 9.94 Å². The molecule has 0 radical (unpaired) electrons. The lowest BCUT2D eigenvalue weighted by atomic mass is 9.95. The van der Waals surface area contributed by atoms with Crippen LogP contribution in [0.25, 0.3) is 5.52 Å². The van der Waals surface area contributed by atoms with Crippen molar-refractivity contribution in [1.29, 1.82) is 0 Å². The van der Waals surface area contributed by atoms with Gasteiger partial charge in [0.2, 0.25) is 0 Å². The zero-order valence-corrected chi connectivity index (χ0v) is 15.6. The second-order valence-corrected chi connectivity index (χ2v) is 6.97. The molecule has 10 nitrogen and oxygen atoms in total. The van der Waals surface area contributed by atoms with Crippen LogP contribution >= 0.6 is 0 Å². The smallest absolute Gasteiger partial charge is 0.256 e. The van der Waals surface area contributed by atoms with Crippen LogP contribution < -0.4 is 10.8 Å². The minimum absolute atomic E-state index is 0.213. The molecule has 2 aromatic heterocycles. The molecule has 30 heavy (non-hydrogen) atoms. The Labute approximate surface area is 169 Å². The van der Waals surface area contributed by atoms with Gasteiger partial charge in [-0.05, 0) is 24.3 Å². The summed E-state index contributed by atoms with van der Waals surface area (Å²) in [6.07, 6.45) is -3.64. The molecule has 1 aliphatic heterocycles. The topological polar surface area (TPSA) is 141 Å². The van der Waals surface area contributed by atoms with E-state index in [1.807, 2.05) is 5.48 Å². The number of rotatable bonds is 6. The molecule has 5 N–H and O–H groups in total. The molecule has 1 aliphatic rings. The summed E-state index contributed by atoms with van der Waals surface area (Å²) >= 11 is 0. The van der Waals surface area contributed by atoms with Crippen LogP contribution in [-0.2, 0) is 4.74 Å². The number of ether oxygens (including phenoxy) is 1. The molecule has 0 aliphatic carbocycles. The van der Waals surface area contributed by atoms with E-state index in [-0.39, 0.29) is 24.0 Å². The van der Waals surface area contributed by atoms with Gasteiger partial charge < -0.3 is 25.5 Å². The first-order valence-corrected chi connectivity index (χ1v) is 9.17. The lowest BCUT2D eigenvalue weighted by Crippen LogP contribution is -2.52. The van der Waals surface area contributed by atoms with Crippen molar-refractivity contribution in [2.45, 2.75) is 24.0 Å². The average Bonchev–Trinajstić information content (AvgIpc) is 3.30. The summed E-state index contributed by atoms with van der Waals surface area (Å²) in [5.41, 5.74) is 1.17. The maximum absolute atomic E-state index is 14.9. The Kier molecular flexibility index (Phi) is 5.45. The van der Waals surface area contributed by atoms with Crippen molar-refractivity contribution in [1.82, 2.24) is 20.1 Å². The van der Waals surface area contributed by atoms with Gasteiger partial charge in [0, 0.05) is 5.56 Å². The highest BCUT2D eigenvalue weighted by atomic mass is 19.1. The Morgan fingerprint density at radius 1 is 1.27 bits per heavy atom. The molecule has 0 saturated carbocycles. The van der Waals surface area contributed by atoms with Gasteiger partial charge in [-0.2, -0.15) is 5.10 Å². The number of hydrogen-bond donors (Lipinski definition) is 5. The first-order valence-electron chi connectivity index (χ1n) is 9.17. The second-order valence-electron chi connectivity index (χ2n) is 6.97. The third-order valence-electron chi connectivity index (χ3n) is 5.18. The van der Waals surface area contributed by atoms with Crippen LogP contribution in [0.3, 0.4) is 0 Å². The number of nitrogens with zero attached hydrogens (tertiary/aromatic N) is 3. The number of aliphatic hydroxyl groups is 2. The van der Waals surface area contributed by atoms with Crippen molar-refractivity contribution in [2.24, 2.45) is 0 Å². The van der Waals surface area contributed by atoms with Crippen molar-refractivity contribution in [3.63, 3.8) is 0 Å². The largest absolute Gasteiger partial charge is 0.393 e. The zero-order chi connectivity index (χ0) is 21.3. The molecule has 11 heteroatoms. The Morgan fingerprint density at radius 2 is 2.03 bits per heavy atom. The summed E-state index contributed by atoms with van der Waals surface area (Å²) in [7, 11) is 0. The van der Waals surface area contributed by atoms with E-state index in [0.717, 1.165) is 0 Å². The van der Waals surface area contributed by atoms with Gasteiger partial charge in [0.05, 0.1) is 18.8 Å². The van der Waals surface area contributed by atoms with Crippen molar-refractivity contribution < 1.29 is 29.3 Å². The van der Waals surface area contributed by atoms with E-state index < -0.39 is 30.6 Å². The predicted molar refractivity (Wildman–Crippen MR) is 102 cm³/mol. The standard InChI is InChI=1S/C19H20FN5O5/c20-14-15(30-19(9-26,8-23-29)16(14)27)12-6-7-13-17(21-10-22-25(12)13)24-18(28)11-4-2-1-3-5-11/h1-7,10,14-16,23,26-27,29H,8-9H2,(H,21,22,24,28)/t14-,15-,16-,19+/m0/s1. The molecular formula is C19H20FN5O5. The normalized spacial score (nSPS) is 26.2. The molecule has 1 aromatic carbocycles. The number of halogens is 1. The number of nitrogens with one attached hydrogen (secondary N) is 2. The monoisotopic (exact) mass is 417 g/mol. The molecule has 0 bridgehead atoms. The number of fused-ring (bicyclic) bond motifs is 1. The molecule has 1 fully saturated rings. The molecular weight excluding hydrogens is 397 g/mol. The van der Waals surface area contributed by atoms with Crippen LogP contribution in [0.15, 0.2) is 48.8 Å². The highest BCUT2D eigenvalue weighted by Gasteiger charge is 2.56. The zero-order valence-electron chi connectivity index (χ0n) is 15.6. The van der Waals surface area contributed by atoms with Crippen LogP contribution in [-0.4, -0.2) is 67.0 Å². The van der Waals surface area contributed by atoms with Gasteiger partial charge in [-0.3, -0.25) is 4.79 Å². The maximum atomic E-state index is 14.9. The summed E-state index contributed by atoms with van der Waals surface area (Å²) in [5, 5.41) is 35.7. The van der Waals surface area contributed by atoms with Crippen LogP contribution in [0.2, 0.25) is 0 Å². The van der Waals surface area contributed by atoms with Crippen LogP contribution in [0, 0.1) is 0 Å². The van der Waals surface area contributed by atoms with Gasteiger partial charge in [-0.15, -0.1) is 0 Å². The SMILES string of the molecule is O=C(Nc1ncnn2c([C@@H]3O[C@@](CO)(CNO)[C@@H](O)[C@H]3F)ccc12)c1ccccc1. The first-order chi connectivity index (χ1) is 14.5. The Morgan fingerprint density at radius 3 is 2.73 bits per heavy atom. The van der Waals surface area contributed by atoms with Gasteiger partial charge in [0.25, 0.3) is 5.91 Å². The fourth-order valence-corrected chi connectivity index (χ4v) is 3.57. The lowest BCUT2D eigenvalue weighted by molar-refractivity contribution is -0.123. The van der Waals surface area contributed by atoms with Crippen molar-refractivity contribution in [2.75, 3.05) is 18.5 Å². The minimum Gasteiger partial charge on any atom is -0.393 e. The molecule has 3 aromatic rings. The van der Waals surface area contributed by atoms with Crippen LogP contribution in [0.1, 0.15) is 22.2 Å². The first kappa shape index (κ1) is 20.3. The molecule has 1 saturated heterocycles. The molecule has 4 atom stereocenters. The van der Waals surface area contributed by atoms with Gasteiger partial charge in [0.15, 0.2) is 12.0 Å². The van der Waals surface area contributed by atoms with Gasteiger partial charge in [0.1, 0.15) is 29.7 Å². The number of aliphatic hydroxyl groups excluding tert-OH is 2. The summed E-state index contributed by atoms with van der Waals surface area (Å²) in [6, 6.07) is 11.7. The Balaban J connectivity index is 1.66. The quantitative estimate of drug-likeness (QED) is 0.364. The molecule has 1 amide bonds. The van der Waals surface area contributed by atoms with Crippen molar-refractivity contribution in [3.8, 4) is 0 Å². The lowest BCUT2D eigenvalue weighted by Gasteiger charge is -2.28. The fraction of sp³-hybridized carbons (Fsp3) is 0.316. The predicted octanol–water partition coefficient (Wildman–Crippen LogP) is 0.462. The second kappa shape index (κ2) is 8.05. The van der Waals surface area contributed by atoms with Crippen LogP contribution in [0.5, 0.6) is 0 Å². The van der Waals surface area contributed by atoms with E-state index in [1.54, 1.807) is 36.4 Å². The minimum atomic E-state index is -1.89. The number of alkyl halides is 1. The summed E-state index contributed by atoms with van der Waals surface area (Å²) in [5.74, 6) is -0.160. The third kappa shape index (κ3) is 3.32. The highest BCUT2D eigenvalue weighted by molar-refractivity contribution is 6.05. The number of anilines is 1. The number of amides is 1. The molecule has 0 spiro atoms. The van der Waals surface area contributed by atoms with E-state index >= 15 is 0 Å². The van der Waals surface area contributed by atoms with Crippen molar-refractivity contribution >= 4 is 17.2 Å². The molecule has 0 unspecified atom stereocenters. The van der Waals surface area contributed by atoms with Gasteiger partial charge in [-0.1, -0.05) is 18.2 Å². The number of carbonyl (C=O) groups is 1. The summed E-state index contributed by atoms with van der Waals surface area (Å²) in [6.45, 7) is -1.09. The van der Waals surface area contributed by atoms with Crippen molar-refractivity contribution in [3.05, 3.63) is 60.0 Å². The third-order valence-corrected chi connectivity index (χ3v) is 5.18.